The number of aryl methyl sites for hydroxylation is 1. The van der Waals surface area contributed by atoms with Gasteiger partial charge in [0, 0.05) is 30.7 Å². The Bertz CT molecular complexity index is 729. The van der Waals surface area contributed by atoms with E-state index in [2.05, 4.69) is 4.72 Å². The second-order valence-corrected chi connectivity index (χ2v) is 8.47. The summed E-state index contributed by atoms with van der Waals surface area (Å²) in [6.07, 6.45) is 4.70. The Morgan fingerprint density at radius 3 is 2.71 bits per heavy atom. The lowest BCUT2D eigenvalue weighted by molar-refractivity contribution is 0.0622. The van der Waals surface area contributed by atoms with Crippen molar-refractivity contribution in [1.29, 1.82) is 0 Å². The zero-order valence-electron chi connectivity index (χ0n) is 14.0. The predicted molar refractivity (Wildman–Crippen MR) is 92.3 cm³/mol. The quantitative estimate of drug-likeness (QED) is 0.838. The minimum absolute atomic E-state index is 0.0375. The average molecular weight is 351 g/mol. The zero-order valence-corrected chi connectivity index (χ0v) is 14.8. The number of rotatable bonds is 5. The first-order valence-corrected chi connectivity index (χ1v) is 10.0. The molecule has 7 heteroatoms. The first-order valence-electron chi connectivity index (χ1n) is 8.56. The van der Waals surface area contributed by atoms with E-state index < -0.39 is 10.0 Å². The van der Waals surface area contributed by atoms with Crippen LogP contribution in [0.15, 0.2) is 23.1 Å². The SMILES string of the molecule is Cc1ccc(S(=O)(=O)NC2CC2)cc1C(=O)N1CCCCC1CN. The third-order valence-electron chi connectivity index (χ3n) is 4.81. The third kappa shape index (κ3) is 3.63. The van der Waals surface area contributed by atoms with Crippen LogP contribution in [0.5, 0.6) is 0 Å². The number of carbonyl (C=O) groups is 1. The number of carbonyl (C=O) groups excluding carboxylic acids is 1. The van der Waals surface area contributed by atoms with Gasteiger partial charge in [0.05, 0.1) is 4.90 Å². The number of hydrogen-bond donors (Lipinski definition) is 2. The Morgan fingerprint density at radius 1 is 1.29 bits per heavy atom. The summed E-state index contributed by atoms with van der Waals surface area (Å²) in [5, 5.41) is 0. The maximum Gasteiger partial charge on any atom is 0.254 e. The van der Waals surface area contributed by atoms with Crippen LogP contribution in [-0.4, -0.2) is 44.4 Å². The smallest absolute Gasteiger partial charge is 0.254 e. The number of nitrogens with zero attached hydrogens (tertiary/aromatic N) is 1. The molecule has 1 atom stereocenters. The molecule has 0 radical (unpaired) electrons. The van der Waals surface area contributed by atoms with Crippen LogP contribution in [0.2, 0.25) is 0 Å². The number of amides is 1. The lowest BCUT2D eigenvalue weighted by Gasteiger charge is -2.35. The van der Waals surface area contributed by atoms with Gasteiger partial charge in [-0.3, -0.25) is 4.79 Å². The summed E-state index contributed by atoms with van der Waals surface area (Å²) in [6, 6.07) is 4.85. The molecule has 1 unspecified atom stereocenters. The number of nitrogens with one attached hydrogen (secondary N) is 1. The average Bonchev–Trinajstić information content (AvgIpc) is 3.37. The lowest BCUT2D eigenvalue weighted by atomic mass is 9.99. The molecule has 1 amide bonds. The topological polar surface area (TPSA) is 92.5 Å². The molecule has 1 aromatic carbocycles. The van der Waals surface area contributed by atoms with E-state index in [0.29, 0.717) is 18.7 Å². The van der Waals surface area contributed by atoms with Gasteiger partial charge in [-0.05, 0) is 56.7 Å². The van der Waals surface area contributed by atoms with Crippen molar-refractivity contribution in [3.63, 3.8) is 0 Å². The molecule has 3 rings (SSSR count). The molecule has 6 nitrogen and oxygen atoms in total. The molecular formula is C17H25N3O3S. The van der Waals surface area contributed by atoms with Gasteiger partial charge in [-0.15, -0.1) is 0 Å². The molecule has 1 aliphatic carbocycles. The maximum atomic E-state index is 13.0. The summed E-state index contributed by atoms with van der Waals surface area (Å²) in [5.41, 5.74) is 7.05. The predicted octanol–water partition coefficient (Wildman–Crippen LogP) is 1.39. The second-order valence-electron chi connectivity index (χ2n) is 6.76. The van der Waals surface area contributed by atoms with Crippen molar-refractivity contribution in [2.24, 2.45) is 5.73 Å². The highest BCUT2D eigenvalue weighted by Crippen LogP contribution is 2.25. The van der Waals surface area contributed by atoms with Crippen molar-refractivity contribution in [3.05, 3.63) is 29.3 Å². The highest BCUT2D eigenvalue weighted by molar-refractivity contribution is 7.89. The highest BCUT2D eigenvalue weighted by atomic mass is 32.2. The maximum absolute atomic E-state index is 13.0. The van der Waals surface area contributed by atoms with Gasteiger partial charge in [0.15, 0.2) is 0 Å². The van der Waals surface area contributed by atoms with E-state index in [1.807, 2.05) is 6.92 Å². The number of likely N-dealkylation sites (tertiary alicyclic amines) is 1. The summed E-state index contributed by atoms with van der Waals surface area (Å²) in [4.78, 5) is 14.9. The van der Waals surface area contributed by atoms with Crippen LogP contribution in [0.4, 0.5) is 0 Å². The minimum Gasteiger partial charge on any atom is -0.334 e. The van der Waals surface area contributed by atoms with Crippen molar-refractivity contribution in [2.45, 2.75) is 56.0 Å². The molecule has 132 valence electrons. The Labute approximate surface area is 143 Å². The molecule has 2 aliphatic rings. The molecule has 2 fully saturated rings. The Hall–Kier alpha value is -1.44. The Balaban J connectivity index is 1.89. The van der Waals surface area contributed by atoms with Crippen molar-refractivity contribution >= 4 is 15.9 Å². The monoisotopic (exact) mass is 351 g/mol. The second kappa shape index (κ2) is 6.82. The van der Waals surface area contributed by atoms with Gasteiger partial charge < -0.3 is 10.6 Å². The molecule has 3 N–H and O–H groups in total. The fourth-order valence-corrected chi connectivity index (χ4v) is 4.49. The van der Waals surface area contributed by atoms with Gasteiger partial charge >= 0.3 is 0 Å². The first kappa shape index (κ1) is 17.4. The van der Waals surface area contributed by atoms with Gasteiger partial charge in [-0.2, -0.15) is 0 Å². The summed E-state index contributed by atoms with van der Waals surface area (Å²) in [6.45, 7) is 2.95. The molecule has 1 heterocycles. The van der Waals surface area contributed by atoms with Crippen molar-refractivity contribution < 1.29 is 13.2 Å². The van der Waals surface area contributed by atoms with Gasteiger partial charge in [-0.25, -0.2) is 13.1 Å². The standard InChI is InChI=1S/C17H25N3O3S/c1-12-5-8-15(24(22,23)19-13-6-7-13)10-16(12)17(21)20-9-3-2-4-14(20)11-18/h5,8,10,13-14,19H,2-4,6-7,9,11,18H2,1H3. The van der Waals surface area contributed by atoms with Crippen molar-refractivity contribution in [2.75, 3.05) is 13.1 Å². The van der Waals surface area contributed by atoms with E-state index in [9.17, 15) is 13.2 Å². The number of benzene rings is 1. The normalized spacial score (nSPS) is 21.8. The molecule has 24 heavy (non-hydrogen) atoms. The first-order chi connectivity index (χ1) is 11.4. The van der Waals surface area contributed by atoms with Gasteiger partial charge in [0.2, 0.25) is 10.0 Å². The fraction of sp³-hybridized carbons (Fsp3) is 0.588. The largest absolute Gasteiger partial charge is 0.334 e. The molecule has 1 aromatic rings. The van der Waals surface area contributed by atoms with E-state index in [4.69, 9.17) is 5.73 Å². The molecule has 0 bridgehead atoms. The van der Waals surface area contributed by atoms with E-state index >= 15 is 0 Å². The van der Waals surface area contributed by atoms with Crippen LogP contribution in [0.25, 0.3) is 0 Å². The zero-order chi connectivity index (χ0) is 17.3. The Kier molecular flexibility index (Phi) is 4.94. The lowest BCUT2D eigenvalue weighted by Crippen LogP contribution is -2.47. The van der Waals surface area contributed by atoms with E-state index in [1.54, 1.807) is 17.0 Å². The van der Waals surface area contributed by atoms with Crippen molar-refractivity contribution in [3.8, 4) is 0 Å². The third-order valence-corrected chi connectivity index (χ3v) is 6.33. The van der Waals surface area contributed by atoms with Crippen LogP contribution in [-0.2, 0) is 10.0 Å². The summed E-state index contributed by atoms with van der Waals surface area (Å²) in [7, 11) is -3.57. The van der Waals surface area contributed by atoms with E-state index in [-0.39, 0.29) is 22.9 Å². The fourth-order valence-electron chi connectivity index (χ4n) is 3.16. The molecule has 1 aliphatic heterocycles. The van der Waals surface area contributed by atoms with Crippen molar-refractivity contribution in [1.82, 2.24) is 9.62 Å². The number of sulfonamides is 1. The van der Waals surface area contributed by atoms with Crippen LogP contribution in [0.3, 0.4) is 0 Å². The molecule has 1 saturated heterocycles. The number of hydrogen-bond acceptors (Lipinski definition) is 4. The molecule has 1 saturated carbocycles. The van der Waals surface area contributed by atoms with Gasteiger partial charge in [0.1, 0.15) is 0 Å². The van der Waals surface area contributed by atoms with Crippen LogP contribution in [0, 0.1) is 6.92 Å². The van der Waals surface area contributed by atoms with Crippen LogP contribution in [0.1, 0.15) is 48.0 Å². The molecular weight excluding hydrogens is 326 g/mol. The van der Waals surface area contributed by atoms with E-state index in [0.717, 1.165) is 37.7 Å². The molecule has 0 spiro atoms. The minimum atomic E-state index is -3.57. The summed E-state index contributed by atoms with van der Waals surface area (Å²) >= 11 is 0. The van der Waals surface area contributed by atoms with E-state index in [1.165, 1.54) is 6.07 Å². The van der Waals surface area contributed by atoms with Crippen LogP contribution >= 0.6 is 0 Å². The summed E-state index contributed by atoms with van der Waals surface area (Å²) < 4.78 is 27.5. The van der Waals surface area contributed by atoms with Crippen LogP contribution < -0.4 is 10.5 Å². The highest BCUT2D eigenvalue weighted by Gasteiger charge is 2.30. The summed E-state index contributed by atoms with van der Waals surface area (Å²) in [5.74, 6) is -0.119. The van der Waals surface area contributed by atoms with Gasteiger partial charge in [0.25, 0.3) is 5.91 Å². The Morgan fingerprint density at radius 2 is 2.04 bits per heavy atom. The van der Waals surface area contributed by atoms with Gasteiger partial charge in [-0.1, -0.05) is 6.07 Å². The number of piperidine rings is 1. The number of nitrogens with two attached hydrogens (primary N) is 1. The molecule has 0 aromatic heterocycles.